The number of benzene rings is 2. The third kappa shape index (κ3) is 3.96. The van der Waals surface area contributed by atoms with Crippen LogP contribution in [0.25, 0.3) is 16.4 Å². The minimum atomic E-state index is -3.62. The summed E-state index contributed by atoms with van der Waals surface area (Å²) in [7, 11) is 0.285. The van der Waals surface area contributed by atoms with Crippen LogP contribution in [0.4, 0.5) is 5.69 Å². The summed E-state index contributed by atoms with van der Waals surface area (Å²) in [6, 6.07) is 17.0. The highest BCUT2D eigenvalue weighted by Gasteiger charge is 2.18. The predicted octanol–water partition coefficient (Wildman–Crippen LogP) is 3.62. The molecule has 0 atom stereocenters. The molecular formula is C21H22N4O2S2. The molecule has 1 N–H and O–H groups in total. The van der Waals surface area contributed by atoms with Crippen molar-refractivity contribution in [2.24, 2.45) is 0 Å². The van der Waals surface area contributed by atoms with Crippen LogP contribution in [0.5, 0.6) is 0 Å². The van der Waals surface area contributed by atoms with Gasteiger partial charge in [-0.1, -0.05) is 30.3 Å². The van der Waals surface area contributed by atoms with Gasteiger partial charge in [0.2, 0.25) is 10.0 Å². The number of anilines is 1. The largest absolute Gasteiger partial charge is 0.377 e. The SMILES string of the molecule is CN(C)c1cccc2c(S(=O)(=O)NCCSc3cccc4nccn34)cccc12. The molecule has 0 aliphatic heterocycles. The molecule has 0 radical (unpaired) electrons. The summed E-state index contributed by atoms with van der Waals surface area (Å²) in [6.07, 6.45) is 3.66. The minimum absolute atomic E-state index is 0.306. The number of fused-ring (bicyclic) bond motifs is 2. The first-order valence-electron chi connectivity index (χ1n) is 9.21. The smallest absolute Gasteiger partial charge is 0.241 e. The van der Waals surface area contributed by atoms with Crippen LogP contribution in [-0.4, -0.2) is 44.2 Å². The molecule has 0 unspecified atom stereocenters. The van der Waals surface area contributed by atoms with E-state index < -0.39 is 10.0 Å². The molecule has 0 spiro atoms. The summed E-state index contributed by atoms with van der Waals surface area (Å²) in [6.45, 7) is 0.335. The van der Waals surface area contributed by atoms with E-state index in [1.54, 1.807) is 30.1 Å². The Morgan fingerprint density at radius 2 is 1.79 bits per heavy atom. The fraction of sp³-hybridized carbons (Fsp3) is 0.190. The van der Waals surface area contributed by atoms with Gasteiger partial charge in [-0.15, -0.1) is 11.8 Å². The lowest BCUT2D eigenvalue weighted by Crippen LogP contribution is -2.26. The van der Waals surface area contributed by atoms with E-state index in [-0.39, 0.29) is 0 Å². The maximum absolute atomic E-state index is 13.0. The molecule has 0 bridgehead atoms. The van der Waals surface area contributed by atoms with E-state index in [9.17, 15) is 8.42 Å². The molecule has 2 aromatic heterocycles. The van der Waals surface area contributed by atoms with Crippen LogP contribution < -0.4 is 9.62 Å². The monoisotopic (exact) mass is 426 g/mol. The van der Waals surface area contributed by atoms with Crippen molar-refractivity contribution in [1.82, 2.24) is 14.1 Å². The van der Waals surface area contributed by atoms with E-state index in [1.807, 2.05) is 72.1 Å². The highest BCUT2D eigenvalue weighted by atomic mass is 32.2. The lowest BCUT2D eigenvalue weighted by Gasteiger charge is -2.17. The van der Waals surface area contributed by atoms with Crippen molar-refractivity contribution in [2.75, 3.05) is 31.3 Å². The van der Waals surface area contributed by atoms with Crippen molar-refractivity contribution in [3.8, 4) is 0 Å². The Morgan fingerprint density at radius 1 is 1.03 bits per heavy atom. The third-order valence-electron chi connectivity index (χ3n) is 4.67. The second-order valence-corrected chi connectivity index (χ2v) is 9.64. The van der Waals surface area contributed by atoms with Gasteiger partial charge >= 0.3 is 0 Å². The Hall–Kier alpha value is -2.55. The molecule has 150 valence electrons. The Labute approximate surface area is 174 Å². The number of rotatable bonds is 7. The Balaban J connectivity index is 1.51. The van der Waals surface area contributed by atoms with Crippen LogP contribution in [0.1, 0.15) is 0 Å². The highest BCUT2D eigenvalue weighted by molar-refractivity contribution is 7.99. The number of thioether (sulfide) groups is 1. The van der Waals surface area contributed by atoms with Crippen LogP contribution in [-0.2, 0) is 10.0 Å². The van der Waals surface area contributed by atoms with Gasteiger partial charge in [0, 0.05) is 55.2 Å². The van der Waals surface area contributed by atoms with E-state index >= 15 is 0 Å². The number of hydrogen-bond donors (Lipinski definition) is 1. The van der Waals surface area contributed by atoms with Crippen LogP contribution in [0.15, 0.2) is 76.9 Å². The van der Waals surface area contributed by atoms with Gasteiger partial charge in [-0.05, 0) is 24.3 Å². The molecule has 6 nitrogen and oxygen atoms in total. The Bertz CT molecular complexity index is 1270. The summed E-state index contributed by atoms with van der Waals surface area (Å²) in [4.78, 5) is 6.56. The van der Waals surface area contributed by atoms with Crippen LogP contribution >= 0.6 is 11.8 Å². The minimum Gasteiger partial charge on any atom is -0.377 e. The van der Waals surface area contributed by atoms with Gasteiger partial charge in [0.05, 0.1) is 9.92 Å². The average Bonchev–Trinajstić information content (AvgIpc) is 3.19. The van der Waals surface area contributed by atoms with Gasteiger partial charge in [0.25, 0.3) is 0 Å². The molecule has 0 saturated carbocycles. The predicted molar refractivity (Wildman–Crippen MR) is 119 cm³/mol. The van der Waals surface area contributed by atoms with Crippen molar-refractivity contribution in [1.29, 1.82) is 0 Å². The summed E-state index contributed by atoms with van der Waals surface area (Å²) in [5.41, 5.74) is 1.87. The van der Waals surface area contributed by atoms with Crippen molar-refractivity contribution in [3.63, 3.8) is 0 Å². The number of imidazole rings is 1. The van der Waals surface area contributed by atoms with Crippen molar-refractivity contribution >= 4 is 43.9 Å². The van der Waals surface area contributed by atoms with Gasteiger partial charge in [0.1, 0.15) is 5.65 Å². The third-order valence-corrected chi connectivity index (χ3v) is 7.22. The zero-order valence-electron chi connectivity index (χ0n) is 16.2. The number of aromatic nitrogens is 2. The number of nitrogens with one attached hydrogen (secondary N) is 1. The van der Waals surface area contributed by atoms with E-state index in [0.29, 0.717) is 17.2 Å². The normalized spacial score (nSPS) is 11.9. The lowest BCUT2D eigenvalue weighted by molar-refractivity contribution is 0.585. The maximum atomic E-state index is 13.0. The zero-order valence-corrected chi connectivity index (χ0v) is 17.9. The molecule has 2 aromatic carbocycles. The first-order valence-corrected chi connectivity index (χ1v) is 11.7. The molecule has 0 aliphatic rings. The van der Waals surface area contributed by atoms with Crippen molar-refractivity contribution in [2.45, 2.75) is 9.92 Å². The second kappa shape index (κ2) is 8.06. The van der Waals surface area contributed by atoms with Gasteiger partial charge in [-0.3, -0.25) is 4.40 Å². The van der Waals surface area contributed by atoms with E-state index in [0.717, 1.165) is 27.1 Å². The Morgan fingerprint density at radius 3 is 2.62 bits per heavy atom. The molecule has 0 amide bonds. The highest BCUT2D eigenvalue weighted by Crippen LogP contribution is 2.30. The van der Waals surface area contributed by atoms with Gasteiger partial charge in [-0.2, -0.15) is 0 Å². The number of nitrogens with zero attached hydrogens (tertiary/aromatic N) is 3. The lowest BCUT2D eigenvalue weighted by atomic mass is 10.1. The van der Waals surface area contributed by atoms with Crippen molar-refractivity contribution in [3.05, 3.63) is 67.0 Å². The van der Waals surface area contributed by atoms with Gasteiger partial charge in [-0.25, -0.2) is 18.1 Å². The topological polar surface area (TPSA) is 66.7 Å². The van der Waals surface area contributed by atoms with Crippen LogP contribution in [0, 0.1) is 0 Å². The molecular weight excluding hydrogens is 404 g/mol. The molecule has 8 heteroatoms. The zero-order chi connectivity index (χ0) is 20.4. The van der Waals surface area contributed by atoms with Crippen molar-refractivity contribution < 1.29 is 8.42 Å². The molecule has 29 heavy (non-hydrogen) atoms. The fourth-order valence-corrected chi connectivity index (χ4v) is 5.60. The summed E-state index contributed by atoms with van der Waals surface area (Å²) < 4.78 is 30.7. The Kier molecular flexibility index (Phi) is 5.49. The van der Waals surface area contributed by atoms with E-state index in [4.69, 9.17) is 0 Å². The molecule has 0 aliphatic carbocycles. The molecule has 4 aromatic rings. The summed E-state index contributed by atoms with van der Waals surface area (Å²) in [5, 5.41) is 2.67. The quantitative estimate of drug-likeness (QED) is 0.361. The number of sulfonamides is 1. The summed E-state index contributed by atoms with van der Waals surface area (Å²) in [5.74, 6) is 0.615. The summed E-state index contributed by atoms with van der Waals surface area (Å²) >= 11 is 1.59. The molecule has 0 saturated heterocycles. The first-order chi connectivity index (χ1) is 14.0. The average molecular weight is 427 g/mol. The molecule has 4 rings (SSSR count). The standard InChI is InChI=1S/C21H22N4O2S2/c1-24(2)18-8-3-7-17-16(18)6-4-9-19(17)29(26,27)23-13-15-28-21-11-5-10-20-22-12-14-25(20)21/h3-12,14,23H,13,15H2,1-2H3. The second-order valence-electron chi connectivity index (χ2n) is 6.79. The fourth-order valence-electron chi connectivity index (χ4n) is 3.34. The molecule has 0 fully saturated rings. The molecule has 2 heterocycles. The number of hydrogen-bond acceptors (Lipinski definition) is 5. The maximum Gasteiger partial charge on any atom is 0.241 e. The van der Waals surface area contributed by atoms with Crippen LogP contribution in [0.2, 0.25) is 0 Å². The number of pyridine rings is 1. The van der Waals surface area contributed by atoms with Gasteiger partial charge < -0.3 is 4.90 Å². The van der Waals surface area contributed by atoms with Crippen LogP contribution in [0.3, 0.4) is 0 Å². The van der Waals surface area contributed by atoms with Gasteiger partial charge in [0.15, 0.2) is 0 Å². The van der Waals surface area contributed by atoms with E-state index in [1.165, 1.54) is 0 Å². The first kappa shape index (κ1) is 19.8. The van der Waals surface area contributed by atoms with E-state index in [2.05, 4.69) is 9.71 Å².